The van der Waals surface area contributed by atoms with Crippen LogP contribution in [0.15, 0.2) is 64.6 Å². The highest BCUT2D eigenvalue weighted by atomic mass is 32.2. The largest absolute Gasteiger partial charge is 0.504 e. The van der Waals surface area contributed by atoms with Crippen molar-refractivity contribution in [3.05, 3.63) is 60.2 Å². The van der Waals surface area contributed by atoms with Gasteiger partial charge in [-0.3, -0.25) is 9.10 Å². The van der Waals surface area contributed by atoms with Crippen molar-refractivity contribution in [2.45, 2.75) is 4.90 Å². The number of nitrogens with one attached hydrogen (secondary N) is 1. The fraction of sp³-hybridized carbons (Fsp3) is 0.100. The molecule has 0 radical (unpaired) electrons. The third kappa shape index (κ3) is 3.25. The maximum atomic E-state index is 12.9. The lowest BCUT2D eigenvalue weighted by Crippen LogP contribution is -2.37. The number of carbonyl (C=O) groups excluding carboxylic acids is 1. The molecular weight excluding hydrogens is 394 g/mol. The van der Waals surface area contributed by atoms with Gasteiger partial charge in [0.2, 0.25) is 0 Å². The highest BCUT2D eigenvalue weighted by molar-refractivity contribution is 7.93. The number of ether oxygens (including phenoxy) is 1. The number of rotatable bonds is 5. The number of benzene rings is 3. The monoisotopic (exact) mass is 411 g/mol. The Morgan fingerprint density at radius 1 is 1.21 bits per heavy atom. The molecule has 0 spiro atoms. The Kier molecular flexibility index (Phi) is 4.59. The summed E-state index contributed by atoms with van der Waals surface area (Å²) >= 11 is 0. The van der Waals surface area contributed by atoms with Crippen LogP contribution < -0.4 is 14.5 Å². The van der Waals surface area contributed by atoms with Gasteiger partial charge in [0, 0.05) is 5.39 Å². The number of phenols is 1. The molecule has 29 heavy (non-hydrogen) atoms. The summed E-state index contributed by atoms with van der Waals surface area (Å²) < 4.78 is 31.8. The summed E-state index contributed by atoms with van der Waals surface area (Å²) in [5.74, 6) is -0.323. The number of sulfonamides is 1. The van der Waals surface area contributed by atoms with Gasteiger partial charge in [-0.05, 0) is 41.3 Å². The second-order valence-electron chi connectivity index (χ2n) is 6.37. The van der Waals surface area contributed by atoms with Crippen LogP contribution in [0.2, 0.25) is 0 Å². The minimum atomic E-state index is -3.81. The van der Waals surface area contributed by atoms with E-state index in [2.05, 4.69) is 10.5 Å². The van der Waals surface area contributed by atoms with E-state index in [0.717, 1.165) is 9.69 Å². The Balaban J connectivity index is 1.52. The van der Waals surface area contributed by atoms with Gasteiger partial charge in [-0.2, -0.15) is 5.10 Å². The molecule has 1 heterocycles. The van der Waals surface area contributed by atoms with E-state index in [1.807, 2.05) is 12.1 Å². The number of hydrogen-bond acceptors (Lipinski definition) is 6. The van der Waals surface area contributed by atoms with E-state index in [-0.39, 0.29) is 16.4 Å². The van der Waals surface area contributed by atoms with Crippen molar-refractivity contribution >= 4 is 38.6 Å². The molecule has 0 bridgehead atoms. The Hall–Kier alpha value is -3.59. The molecule has 0 saturated carbocycles. The van der Waals surface area contributed by atoms with Crippen molar-refractivity contribution in [2.75, 3.05) is 18.0 Å². The minimum Gasteiger partial charge on any atom is -0.504 e. The second kappa shape index (κ2) is 7.10. The molecule has 0 aromatic heterocycles. The highest BCUT2D eigenvalue weighted by Gasteiger charge is 2.36. The third-order valence-corrected chi connectivity index (χ3v) is 6.38. The molecule has 9 heteroatoms. The van der Waals surface area contributed by atoms with Crippen LogP contribution in [0, 0.1) is 0 Å². The van der Waals surface area contributed by atoms with Crippen LogP contribution in [0.5, 0.6) is 11.5 Å². The van der Waals surface area contributed by atoms with E-state index in [1.165, 1.54) is 25.5 Å². The van der Waals surface area contributed by atoms with E-state index in [9.17, 15) is 18.3 Å². The number of carbonyl (C=O) groups is 1. The average Bonchev–Trinajstić information content (AvgIpc) is 2.92. The van der Waals surface area contributed by atoms with Crippen LogP contribution in [0.25, 0.3) is 10.8 Å². The summed E-state index contributed by atoms with van der Waals surface area (Å²) in [6, 6.07) is 14.9. The third-order valence-electron chi connectivity index (χ3n) is 4.58. The first-order valence-electron chi connectivity index (χ1n) is 8.65. The molecule has 8 nitrogen and oxygen atoms in total. The van der Waals surface area contributed by atoms with Crippen molar-refractivity contribution in [3.63, 3.8) is 0 Å². The van der Waals surface area contributed by atoms with E-state index in [0.29, 0.717) is 16.6 Å². The lowest BCUT2D eigenvalue weighted by molar-refractivity contribution is -0.119. The van der Waals surface area contributed by atoms with Crippen LogP contribution >= 0.6 is 0 Å². The first-order chi connectivity index (χ1) is 13.9. The van der Waals surface area contributed by atoms with Crippen LogP contribution in [-0.2, 0) is 14.8 Å². The van der Waals surface area contributed by atoms with E-state index in [1.54, 1.807) is 30.3 Å². The van der Waals surface area contributed by atoms with Crippen molar-refractivity contribution in [1.82, 2.24) is 5.43 Å². The topological polar surface area (TPSA) is 108 Å². The predicted octanol–water partition coefficient (Wildman–Crippen LogP) is 2.21. The number of methoxy groups -OCH3 is 1. The van der Waals surface area contributed by atoms with Gasteiger partial charge < -0.3 is 9.84 Å². The molecule has 1 amide bonds. The zero-order valence-electron chi connectivity index (χ0n) is 15.4. The Morgan fingerprint density at radius 3 is 2.72 bits per heavy atom. The van der Waals surface area contributed by atoms with E-state index >= 15 is 0 Å². The number of anilines is 1. The molecule has 2 N–H and O–H groups in total. The maximum Gasteiger partial charge on any atom is 0.265 e. The fourth-order valence-corrected chi connectivity index (χ4v) is 4.91. The van der Waals surface area contributed by atoms with Gasteiger partial charge in [0.05, 0.1) is 23.9 Å². The van der Waals surface area contributed by atoms with Crippen molar-refractivity contribution in [2.24, 2.45) is 5.10 Å². The number of aromatic hydroxyl groups is 1. The van der Waals surface area contributed by atoms with Crippen molar-refractivity contribution in [1.29, 1.82) is 0 Å². The summed E-state index contributed by atoms with van der Waals surface area (Å²) in [5, 5.41) is 14.9. The Bertz CT molecular complexity index is 1250. The number of amides is 1. The molecule has 3 aromatic carbocycles. The SMILES string of the molecule is COc1cc(/C=N/NC(=O)CN2c3cccc4cccc(c34)S2(=O)=O)ccc1O. The fourth-order valence-electron chi connectivity index (χ4n) is 3.25. The van der Waals surface area contributed by atoms with Gasteiger partial charge in [-0.1, -0.05) is 24.3 Å². The van der Waals surface area contributed by atoms with Crippen LogP contribution in [0.4, 0.5) is 5.69 Å². The number of hydrogen-bond donors (Lipinski definition) is 2. The first kappa shape index (κ1) is 18.8. The molecule has 1 aliphatic heterocycles. The quantitative estimate of drug-likeness (QED) is 0.494. The lowest BCUT2D eigenvalue weighted by Gasteiger charge is -2.17. The molecule has 0 atom stereocenters. The second-order valence-corrected chi connectivity index (χ2v) is 8.20. The molecule has 3 aromatic rings. The first-order valence-corrected chi connectivity index (χ1v) is 10.1. The summed E-state index contributed by atoms with van der Waals surface area (Å²) in [6.45, 7) is -0.396. The van der Waals surface area contributed by atoms with Gasteiger partial charge in [0.25, 0.3) is 15.9 Å². The molecule has 0 aliphatic carbocycles. The minimum absolute atomic E-state index is 0.0123. The van der Waals surface area contributed by atoms with Gasteiger partial charge >= 0.3 is 0 Å². The molecule has 0 saturated heterocycles. The van der Waals surface area contributed by atoms with Crippen molar-refractivity contribution in [3.8, 4) is 11.5 Å². The van der Waals surface area contributed by atoms with Crippen LogP contribution in [0.1, 0.15) is 5.56 Å². The van der Waals surface area contributed by atoms with Gasteiger partial charge in [0.15, 0.2) is 11.5 Å². The number of phenolic OH excluding ortho intramolecular Hbond substituents is 1. The maximum absolute atomic E-state index is 12.9. The highest BCUT2D eigenvalue weighted by Crippen LogP contribution is 2.41. The van der Waals surface area contributed by atoms with Gasteiger partial charge in [-0.15, -0.1) is 0 Å². The molecule has 1 aliphatic rings. The predicted molar refractivity (Wildman–Crippen MR) is 109 cm³/mol. The normalized spacial score (nSPS) is 14.4. The zero-order chi connectivity index (χ0) is 20.6. The molecular formula is C20H17N3O5S. The zero-order valence-corrected chi connectivity index (χ0v) is 16.2. The van der Waals surface area contributed by atoms with Gasteiger partial charge in [-0.25, -0.2) is 13.8 Å². The lowest BCUT2D eigenvalue weighted by atomic mass is 10.1. The van der Waals surface area contributed by atoms with Crippen LogP contribution in [0.3, 0.4) is 0 Å². The summed E-state index contributed by atoms with van der Waals surface area (Å²) in [4.78, 5) is 12.5. The Labute approximate surface area is 167 Å². The summed E-state index contributed by atoms with van der Waals surface area (Å²) in [6.07, 6.45) is 1.37. The molecule has 0 fully saturated rings. The molecule has 4 rings (SSSR count). The van der Waals surface area contributed by atoms with E-state index in [4.69, 9.17) is 4.74 Å². The van der Waals surface area contributed by atoms with Gasteiger partial charge in [0.1, 0.15) is 6.54 Å². The Morgan fingerprint density at radius 2 is 1.97 bits per heavy atom. The summed E-state index contributed by atoms with van der Waals surface area (Å²) in [5.41, 5.74) is 3.39. The molecule has 148 valence electrons. The number of hydrazone groups is 1. The number of nitrogens with zero attached hydrogens (tertiary/aromatic N) is 2. The average molecular weight is 411 g/mol. The van der Waals surface area contributed by atoms with Crippen molar-refractivity contribution < 1.29 is 23.1 Å². The molecule has 0 unspecified atom stereocenters. The van der Waals surface area contributed by atoms with Crippen LogP contribution in [-0.4, -0.2) is 39.3 Å². The summed E-state index contributed by atoms with van der Waals surface area (Å²) in [7, 11) is -2.38. The van der Waals surface area contributed by atoms with E-state index < -0.39 is 22.5 Å². The standard InChI is InChI=1S/C20H17N3O5S/c1-28-17-10-13(8-9-16(17)24)11-21-22-19(25)12-23-15-6-2-4-14-5-3-7-18(20(14)15)29(23,26)27/h2-11,24H,12H2,1H3,(H,22,25)/b21-11+. The smallest absolute Gasteiger partial charge is 0.265 e.